The van der Waals surface area contributed by atoms with E-state index in [4.69, 9.17) is 4.74 Å². The van der Waals surface area contributed by atoms with E-state index in [1.54, 1.807) is 48.6 Å². The van der Waals surface area contributed by atoms with Gasteiger partial charge < -0.3 is 14.5 Å². The van der Waals surface area contributed by atoms with Gasteiger partial charge in [0.15, 0.2) is 11.6 Å². The van der Waals surface area contributed by atoms with Crippen molar-refractivity contribution in [3.8, 4) is 5.75 Å². The molecule has 2 amide bonds. The molecule has 1 aliphatic heterocycles. The first-order chi connectivity index (χ1) is 14.9. The lowest BCUT2D eigenvalue weighted by Crippen LogP contribution is -2.47. The second kappa shape index (κ2) is 10.3. The summed E-state index contributed by atoms with van der Waals surface area (Å²) in [5, 5.41) is 0. The molecule has 0 aliphatic carbocycles. The molecule has 1 aromatic carbocycles. The maximum atomic E-state index is 13.9. The van der Waals surface area contributed by atoms with E-state index in [0.29, 0.717) is 37.3 Å². The Labute approximate surface area is 182 Å². The molecule has 0 N–H and O–H groups in total. The number of halogens is 1. The summed E-state index contributed by atoms with van der Waals surface area (Å²) in [6.45, 7) is 4.76. The van der Waals surface area contributed by atoms with Crippen LogP contribution in [0.25, 0.3) is 0 Å². The van der Waals surface area contributed by atoms with Crippen molar-refractivity contribution in [1.82, 2.24) is 19.7 Å². The summed E-state index contributed by atoms with van der Waals surface area (Å²) in [6, 6.07) is 7.81. The van der Waals surface area contributed by atoms with E-state index in [1.165, 1.54) is 13.2 Å². The van der Waals surface area contributed by atoms with Gasteiger partial charge in [-0.2, -0.15) is 0 Å². The van der Waals surface area contributed by atoms with E-state index in [-0.39, 0.29) is 23.6 Å². The summed E-state index contributed by atoms with van der Waals surface area (Å²) in [4.78, 5) is 35.2. The number of carbonyl (C=O) groups excluding carboxylic acids is 2. The van der Waals surface area contributed by atoms with Crippen molar-refractivity contribution in [3.05, 3.63) is 59.7 Å². The molecule has 1 aromatic heterocycles. The van der Waals surface area contributed by atoms with Gasteiger partial charge in [0.05, 0.1) is 13.2 Å². The van der Waals surface area contributed by atoms with Gasteiger partial charge in [0.2, 0.25) is 5.91 Å². The van der Waals surface area contributed by atoms with Crippen LogP contribution in [0.1, 0.15) is 29.3 Å². The van der Waals surface area contributed by atoms with Crippen LogP contribution in [0.4, 0.5) is 4.39 Å². The van der Waals surface area contributed by atoms with Crippen LogP contribution in [-0.2, 0) is 11.3 Å². The third-order valence-corrected chi connectivity index (χ3v) is 5.66. The molecular weight excluding hydrogens is 399 g/mol. The highest BCUT2D eigenvalue weighted by atomic mass is 19.1. The molecule has 166 valence electrons. The first-order valence-electron chi connectivity index (χ1n) is 10.4. The molecule has 2 aromatic rings. The number of benzene rings is 1. The third kappa shape index (κ3) is 5.58. The average Bonchev–Trinajstić information content (AvgIpc) is 3.04. The molecule has 0 spiro atoms. The highest BCUT2D eigenvalue weighted by Gasteiger charge is 2.28. The van der Waals surface area contributed by atoms with Gasteiger partial charge in [-0.15, -0.1) is 0 Å². The zero-order chi connectivity index (χ0) is 22.4. The van der Waals surface area contributed by atoms with Crippen LogP contribution >= 0.6 is 0 Å². The van der Waals surface area contributed by atoms with Crippen molar-refractivity contribution in [3.63, 3.8) is 0 Å². The number of methoxy groups -OCH3 is 1. The van der Waals surface area contributed by atoms with Crippen LogP contribution in [-0.4, -0.2) is 77.9 Å². The molecule has 0 bridgehead atoms. The minimum atomic E-state index is -0.444. The number of aromatic nitrogens is 1. The predicted molar refractivity (Wildman–Crippen MR) is 115 cm³/mol. The summed E-state index contributed by atoms with van der Waals surface area (Å²) in [5.41, 5.74) is 1.32. The first kappa shape index (κ1) is 22.7. The standard InChI is InChI=1S/C23H29FN4O3/c1-17(22(29)26(2)16-18-5-6-21(31-3)20(24)15-18)27-11-4-12-28(14-13-27)23(30)19-7-9-25-10-8-19/h5-10,15,17H,4,11-14,16H2,1-3H3. The van der Waals surface area contributed by atoms with E-state index in [2.05, 4.69) is 9.88 Å². The summed E-state index contributed by atoms with van der Waals surface area (Å²) in [6.07, 6.45) is 4.02. The van der Waals surface area contributed by atoms with Gasteiger partial charge in [0.1, 0.15) is 0 Å². The maximum Gasteiger partial charge on any atom is 0.254 e. The Kier molecular flexibility index (Phi) is 7.57. The Morgan fingerprint density at radius 2 is 1.90 bits per heavy atom. The van der Waals surface area contributed by atoms with Gasteiger partial charge in [-0.05, 0) is 43.2 Å². The molecular formula is C23H29FN4O3. The van der Waals surface area contributed by atoms with E-state index in [9.17, 15) is 14.0 Å². The number of amides is 2. The van der Waals surface area contributed by atoms with Crippen LogP contribution in [0.2, 0.25) is 0 Å². The van der Waals surface area contributed by atoms with Crippen molar-refractivity contribution in [2.45, 2.75) is 25.9 Å². The highest BCUT2D eigenvalue weighted by Crippen LogP contribution is 2.19. The molecule has 1 atom stereocenters. The number of carbonyl (C=O) groups is 2. The number of pyridine rings is 1. The predicted octanol–water partition coefficient (Wildman–Crippen LogP) is 2.42. The molecule has 0 saturated carbocycles. The molecule has 8 heteroatoms. The first-order valence-corrected chi connectivity index (χ1v) is 10.4. The van der Waals surface area contributed by atoms with Crippen LogP contribution in [0, 0.1) is 5.82 Å². The Morgan fingerprint density at radius 3 is 2.58 bits per heavy atom. The lowest BCUT2D eigenvalue weighted by molar-refractivity contribution is -0.135. The van der Waals surface area contributed by atoms with Crippen molar-refractivity contribution >= 4 is 11.8 Å². The minimum absolute atomic E-state index is 0.0121. The average molecular weight is 429 g/mol. The van der Waals surface area contributed by atoms with Crippen LogP contribution in [0.3, 0.4) is 0 Å². The van der Waals surface area contributed by atoms with Crippen molar-refractivity contribution in [1.29, 1.82) is 0 Å². The van der Waals surface area contributed by atoms with Crippen LogP contribution < -0.4 is 4.74 Å². The Balaban J connectivity index is 1.57. The molecule has 3 rings (SSSR count). The van der Waals surface area contributed by atoms with Gasteiger partial charge in [-0.25, -0.2) is 4.39 Å². The molecule has 1 saturated heterocycles. The fourth-order valence-electron chi connectivity index (χ4n) is 3.84. The molecule has 2 heterocycles. The van der Waals surface area contributed by atoms with Gasteiger partial charge in [-0.3, -0.25) is 19.5 Å². The van der Waals surface area contributed by atoms with E-state index >= 15 is 0 Å². The molecule has 0 radical (unpaired) electrons. The number of ether oxygens (including phenoxy) is 1. The lowest BCUT2D eigenvalue weighted by atomic mass is 10.1. The number of likely N-dealkylation sites (N-methyl/N-ethyl adjacent to an activating group) is 1. The second-order valence-corrected chi connectivity index (χ2v) is 7.76. The molecule has 1 unspecified atom stereocenters. The van der Waals surface area contributed by atoms with Gasteiger partial charge >= 0.3 is 0 Å². The molecule has 1 aliphatic rings. The quantitative estimate of drug-likeness (QED) is 0.707. The Hall–Kier alpha value is -3.00. The van der Waals surface area contributed by atoms with Crippen molar-refractivity contribution in [2.24, 2.45) is 0 Å². The summed E-state index contributed by atoms with van der Waals surface area (Å²) < 4.78 is 18.9. The zero-order valence-corrected chi connectivity index (χ0v) is 18.3. The normalized spacial score (nSPS) is 15.8. The number of nitrogens with zero attached hydrogens (tertiary/aromatic N) is 4. The minimum Gasteiger partial charge on any atom is -0.494 e. The van der Waals surface area contributed by atoms with Gasteiger partial charge in [0.25, 0.3) is 5.91 Å². The topological polar surface area (TPSA) is 66.0 Å². The molecule has 1 fully saturated rings. The van der Waals surface area contributed by atoms with Crippen molar-refractivity contribution < 1.29 is 18.7 Å². The maximum absolute atomic E-state index is 13.9. The van der Waals surface area contributed by atoms with Gasteiger partial charge in [0, 0.05) is 57.7 Å². The monoisotopic (exact) mass is 428 g/mol. The fraction of sp³-hybridized carbons (Fsp3) is 0.435. The van der Waals surface area contributed by atoms with E-state index in [1.807, 2.05) is 11.8 Å². The SMILES string of the molecule is COc1ccc(CN(C)C(=O)C(C)N2CCCN(C(=O)c3ccncc3)CC2)cc1F. The van der Waals surface area contributed by atoms with Gasteiger partial charge in [-0.1, -0.05) is 6.07 Å². The fourth-order valence-corrected chi connectivity index (χ4v) is 3.84. The number of rotatable bonds is 6. The molecule has 31 heavy (non-hydrogen) atoms. The summed E-state index contributed by atoms with van der Waals surface area (Å²) in [5.74, 6) is -0.311. The Morgan fingerprint density at radius 1 is 1.16 bits per heavy atom. The van der Waals surface area contributed by atoms with Crippen LogP contribution in [0.15, 0.2) is 42.7 Å². The Bertz CT molecular complexity index is 909. The lowest BCUT2D eigenvalue weighted by Gasteiger charge is -2.30. The number of hydrogen-bond donors (Lipinski definition) is 0. The highest BCUT2D eigenvalue weighted by molar-refractivity contribution is 5.94. The summed E-state index contributed by atoms with van der Waals surface area (Å²) in [7, 11) is 3.14. The van der Waals surface area contributed by atoms with Crippen molar-refractivity contribution in [2.75, 3.05) is 40.3 Å². The van der Waals surface area contributed by atoms with E-state index in [0.717, 1.165) is 13.0 Å². The zero-order valence-electron chi connectivity index (χ0n) is 18.3. The molecule has 7 nitrogen and oxygen atoms in total. The van der Waals surface area contributed by atoms with Crippen LogP contribution in [0.5, 0.6) is 5.75 Å². The smallest absolute Gasteiger partial charge is 0.254 e. The number of hydrogen-bond acceptors (Lipinski definition) is 5. The summed E-state index contributed by atoms with van der Waals surface area (Å²) >= 11 is 0. The second-order valence-electron chi connectivity index (χ2n) is 7.76. The third-order valence-electron chi connectivity index (χ3n) is 5.66. The van der Waals surface area contributed by atoms with E-state index < -0.39 is 5.82 Å². The largest absolute Gasteiger partial charge is 0.494 e.